The van der Waals surface area contributed by atoms with Crippen LogP contribution >= 0.6 is 0 Å². The Balaban J connectivity index is 1.67. The highest BCUT2D eigenvalue weighted by atomic mass is 32.2. The molecule has 160 valence electrons. The van der Waals surface area contributed by atoms with E-state index in [4.69, 9.17) is 4.74 Å². The van der Waals surface area contributed by atoms with Crippen LogP contribution in [0.15, 0.2) is 48.5 Å². The highest BCUT2D eigenvalue weighted by Crippen LogP contribution is 2.22. The second-order valence-corrected chi connectivity index (χ2v) is 8.84. The third-order valence-corrected chi connectivity index (χ3v) is 6.80. The number of aryl methyl sites for hydroxylation is 1. The molecule has 8 nitrogen and oxygen atoms in total. The molecule has 0 atom stereocenters. The molecule has 1 saturated heterocycles. The lowest BCUT2D eigenvalue weighted by molar-refractivity contribution is -0.116. The van der Waals surface area contributed by atoms with Crippen molar-refractivity contribution in [2.24, 2.45) is 0 Å². The van der Waals surface area contributed by atoms with Crippen LogP contribution in [0.3, 0.4) is 0 Å². The maximum atomic E-state index is 12.9. The number of hydrogen-bond donors (Lipinski definition) is 1. The van der Waals surface area contributed by atoms with Crippen molar-refractivity contribution in [2.45, 2.75) is 20.4 Å². The lowest BCUT2D eigenvalue weighted by Crippen LogP contribution is -2.38. The number of nitrogens with one attached hydrogen (secondary N) is 1. The van der Waals surface area contributed by atoms with Crippen LogP contribution in [0.25, 0.3) is 0 Å². The minimum absolute atomic E-state index is 0.212. The Hall–Kier alpha value is -2.75. The summed E-state index contributed by atoms with van der Waals surface area (Å²) in [7, 11) is -3.75. The summed E-state index contributed by atoms with van der Waals surface area (Å²) >= 11 is 0. The molecule has 1 aliphatic heterocycles. The predicted octanol–water partition coefficient (Wildman–Crippen LogP) is 2.17. The number of carbonyl (C=O) groups is 2. The first-order chi connectivity index (χ1) is 14.3. The number of amides is 1. The van der Waals surface area contributed by atoms with Crippen LogP contribution in [0, 0.1) is 6.92 Å². The average Bonchev–Trinajstić information content (AvgIpc) is 2.98. The summed E-state index contributed by atoms with van der Waals surface area (Å²) in [5, 5.41) is 2.62. The van der Waals surface area contributed by atoms with Crippen molar-refractivity contribution in [3.8, 4) is 0 Å². The monoisotopic (exact) mass is 431 g/mol. The zero-order valence-electron chi connectivity index (χ0n) is 17.0. The number of benzene rings is 2. The summed E-state index contributed by atoms with van der Waals surface area (Å²) in [5.41, 5.74) is 2.45. The smallest absolute Gasteiger partial charge is 0.340 e. The Bertz CT molecular complexity index is 1040. The Morgan fingerprint density at radius 1 is 1.03 bits per heavy atom. The van der Waals surface area contributed by atoms with Crippen LogP contribution < -0.4 is 5.32 Å². The van der Waals surface area contributed by atoms with Gasteiger partial charge in [-0.1, -0.05) is 36.4 Å². The topological polar surface area (TPSA) is 96.0 Å². The van der Waals surface area contributed by atoms with Gasteiger partial charge in [0.25, 0.3) is 10.2 Å². The average molecular weight is 432 g/mol. The van der Waals surface area contributed by atoms with Crippen LogP contribution in [0.2, 0.25) is 0 Å². The lowest BCUT2D eigenvalue weighted by atomic mass is 10.1. The first kappa shape index (κ1) is 21.9. The van der Waals surface area contributed by atoms with Gasteiger partial charge in [-0.25, -0.2) is 4.79 Å². The van der Waals surface area contributed by atoms with E-state index in [0.29, 0.717) is 6.54 Å². The minimum atomic E-state index is -3.75. The SMILES string of the molecule is CCOC(=O)c1ccccc1NC(=O)CN1CCN(Cc2ccccc2C)S1(=O)=O. The van der Waals surface area contributed by atoms with Crippen molar-refractivity contribution in [3.63, 3.8) is 0 Å². The standard InChI is InChI=1S/C21H25N3O5S/c1-3-29-21(26)18-10-6-7-11-19(18)22-20(25)15-24-13-12-23(30(24,27)28)14-17-9-5-4-8-16(17)2/h4-11H,3,12-15H2,1-2H3,(H,22,25). The van der Waals surface area contributed by atoms with Crippen molar-refractivity contribution in [3.05, 3.63) is 65.2 Å². The number of ether oxygens (including phenoxy) is 1. The Labute approximate surface area is 176 Å². The molecule has 2 aromatic carbocycles. The molecule has 0 saturated carbocycles. The van der Waals surface area contributed by atoms with Gasteiger partial charge < -0.3 is 10.1 Å². The van der Waals surface area contributed by atoms with E-state index in [2.05, 4.69) is 5.32 Å². The molecule has 0 spiro atoms. The highest BCUT2D eigenvalue weighted by Gasteiger charge is 2.37. The van der Waals surface area contributed by atoms with Crippen molar-refractivity contribution in [1.82, 2.24) is 8.61 Å². The predicted molar refractivity (Wildman–Crippen MR) is 113 cm³/mol. The van der Waals surface area contributed by atoms with Gasteiger partial charge in [-0.3, -0.25) is 4.79 Å². The summed E-state index contributed by atoms with van der Waals surface area (Å²) in [6.07, 6.45) is 0. The molecule has 1 N–H and O–H groups in total. The number of nitrogens with zero attached hydrogens (tertiary/aromatic N) is 2. The molecule has 1 amide bonds. The van der Waals surface area contributed by atoms with E-state index in [0.717, 1.165) is 15.4 Å². The molecular formula is C21H25N3O5S. The molecule has 1 fully saturated rings. The molecule has 0 unspecified atom stereocenters. The van der Waals surface area contributed by atoms with Crippen LogP contribution in [0.4, 0.5) is 5.69 Å². The van der Waals surface area contributed by atoms with Gasteiger partial charge in [-0.2, -0.15) is 17.0 Å². The molecule has 30 heavy (non-hydrogen) atoms. The summed E-state index contributed by atoms with van der Waals surface area (Å²) in [6, 6.07) is 14.1. The number of esters is 1. The summed E-state index contributed by atoms with van der Waals surface area (Å²) in [6.45, 7) is 4.31. The van der Waals surface area contributed by atoms with Gasteiger partial charge >= 0.3 is 5.97 Å². The van der Waals surface area contributed by atoms with Gasteiger partial charge in [-0.05, 0) is 37.1 Å². The summed E-state index contributed by atoms with van der Waals surface area (Å²) in [4.78, 5) is 24.6. The molecule has 3 rings (SSSR count). The third-order valence-electron chi connectivity index (χ3n) is 4.88. The van der Waals surface area contributed by atoms with Crippen LogP contribution in [0.1, 0.15) is 28.4 Å². The first-order valence-electron chi connectivity index (χ1n) is 9.68. The number of hydrogen-bond acceptors (Lipinski definition) is 5. The summed E-state index contributed by atoms with van der Waals surface area (Å²) in [5.74, 6) is -1.07. The quantitative estimate of drug-likeness (QED) is 0.678. The molecule has 0 aliphatic carbocycles. The fourth-order valence-corrected chi connectivity index (χ4v) is 4.78. The van der Waals surface area contributed by atoms with E-state index in [1.165, 1.54) is 4.31 Å². The molecule has 1 aliphatic rings. The molecule has 9 heteroatoms. The van der Waals surface area contributed by atoms with Crippen molar-refractivity contribution >= 4 is 27.8 Å². The number of para-hydroxylation sites is 1. The Kier molecular flexibility index (Phi) is 6.86. The summed E-state index contributed by atoms with van der Waals surface area (Å²) < 4.78 is 33.2. The van der Waals surface area contributed by atoms with Crippen LogP contribution in [0.5, 0.6) is 0 Å². The van der Waals surface area contributed by atoms with E-state index in [1.54, 1.807) is 31.2 Å². The van der Waals surface area contributed by atoms with Crippen LogP contribution in [-0.4, -0.2) is 55.1 Å². The first-order valence-corrected chi connectivity index (χ1v) is 11.1. The van der Waals surface area contributed by atoms with Gasteiger partial charge in [0.1, 0.15) is 0 Å². The van der Waals surface area contributed by atoms with E-state index >= 15 is 0 Å². The number of anilines is 1. The van der Waals surface area contributed by atoms with Crippen molar-refractivity contribution in [1.29, 1.82) is 0 Å². The van der Waals surface area contributed by atoms with E-state index < -0.39 is 22.1 Å². The third kappa shape index (κ3) is 4.86. The molecular weight excluding hydrogens is 406 g/mol. The van der Waals surface area contributed by atoms with Crippen LogP contribution in [-0.2, 0) is 26.3 Å². The second kappa shape index (κ2) is 9.38. The van der Waals surface area contributed by atoms with E-state index in [-0.39, 0.29) is 37.5 Å². The minimum Gasteiger partial charge on any atom is -0.462 e. The molecule has 2 aromatic rings. The normalized spacial score (nSPS) is 16.3. The maximum absolute atomic E-state index is 12.9. The second-order valence-electron chi connectivity index (χ2n) is 6.92. The van der Waals surface area contributed by atoms with E-state index in [1.807, 2.05) is 31.2 Å². The van der Waals surface area contributed by atoms with Crippen molar-refractivity contribution < 1.29 is 22.7 Å². The fraction of sp³-hybridized carbons (Fsp3) is 0.333. The zero-order valence-corrected chi connectivity index (χ0v) is 17.8. The van der Waals surface area contributed by atoms with Gasteiger partial charge in [0.15, 0.2) is 0 Å². The fourth-order valence-electron chi connectivity index (χ4n) is 3.24. The van der Waals surface area contributed by atoms with Gasteiger partial charge in [0.05, 0.1) is 24.4 Å². The highest BCUT2D eigenvalue weighted by molar-refractivity contribution is 7.87. The molecule has 1 heterocycles. The van der Waals surface area contributed by atoms with Gasteiger partial charge in [-0.15, -0.1) is 0 Å². The maximum Gasteiger partial charge on any atom is 0.340 e. The molecule has 0 bridgehead atoms. The van der Waals surface area contributed by atoms with Gasteiger partial charge in [0.2, 0.25) is 5.91 Å². The Morgan fingerprint density at radius 3 is 2.43 bits per heavy atom. The van der Waals surface area contributed by atoms with E-state index in [9.17, 15) is 18.0 Å². The van der Waals surface area contributed by atoms with Gasteiger partial charge in [0, 0.05) is 19.6 Å². The van der Waals surface area contributed by atoms with Crippen molar-refractivity contribution in [2.75, 3.05) is 31.6 Å². The molecule has 0 aromatic heterocycles. The Morgan fingerprint density at radius 2 is 1.70 bits per heavy atom. The largest absolute Gasteiger partial charge is 0.462 e. The zero-order chi connectivity index (χ0) is 21.7. The molecule has 0 radical (unpaired) electrons. The number of rotatable bonds is 7. The number of carbonyl (C=O) groups excluding carboxylic acids is 2. The lowest BCUT2D eigenvalue weighted by Gasteiger charge is -2.19.